The SMILES string of the molecule is CCNCCC(C)(O)Oc1ccc(CC)cc1. The van der Waals surface area contributed by atoms with E-state index >= 15 is 0 Å². The highest BCUT2D eigenvalue weighted by atomic mass is 16.6. The second-order valence-electron chi connectivity index (χ2n) is 4.38. The molecular formula is C14H23NO2. The van der Waals surface area contributed by atoms with Crippen molar-refractivity contribution in [1.29, 1.82) is 0 Å². The Kier molecular flexibility index (Phi) is 5.45. The Balaban J connectivity index is 2.50. The molecule has 0 heterocycles. The smallest absolute Gasteiger partial charge is 0.206 e. The van der Waals surface area contributed by atoms with Crippen LogP contribution in [0.5, 0.6) is 5.75 Å². The Morgan fingerprint density at radius 2 is 1.88 bits per heavy atom. The number of rotatable bonds is 7. The molecule has 1 unspecified atom stereocenters. The lowest BCUT2D eigenvalue weighted by Gasteiger charge is -2.25. The zero-order valence-electron chi connectivity index (χ0n) is 11.0. The van der Waals surface area contributed by atoms with Crippen molar-refractivity contribution >= 4 is 0 Å². The molecule has 1 aromatic carbocycles. The molecule has 3 nitrogen and oxygen atoms in total. The first kappa shape index (κ1) is 14.0. The molecule has 0 aliphatic rings. The summed E-state index contributed by atoms with van der Waals surface area (Å²) in [7, 11) is 0. The minimum atomic E-state index is -1.12. The third-order valence-electron chi connectivity index (χ3n) is 2.68. The van der Waals surface area contributed by atoms with Crippen LogP contribution in [0, 0.1) is 0 Å². The predicted octanol–water partition coefficient (Wildman–Crippen LogP) is 2.34. The summed E-state index contributed by atoms with van der Waals surface area (Å²) in [5.74, 6) is -0.403. The van der Waals surface area contributed by atoms with Crippen molar-refractivity contribution in [2.45, 2.75) is 39.4 Å². The fourth-order valence-electron chi connectivity index (χ4n) is 1.60. The summed E-state index contributed by atoms with van der Waals surface area (Å²) >= 11 is 0. The van der Waals surface area contributed by atoms with Crippen LogP contribution in [0.3, 0.4) is 0 Å². The molecule has 0 bridgehead atoms. The molecule has 0 saturated carbocycles. The molecule has 0 spiro atoms. The van der Waals surface area contributed by atoms with Gasteiger partial charge in [-0.15, -0.1) is 0 Å². The van der Waals surface area contributed by atoms with Gasteiger partial charge in [-0.2, -0.15) is 0 Å². The van der Waals surface area contributed by atoms with Crippen LogP contribution in [0.4, 0.5) is 0 Å². The molecule has 0 fully saturated rings. The van der Waals surface area contributed by atoms with Crippen LogP contribution in [0.25, 0.3) is 0 Å². The standard InChI is InChI=1S/C14H23NO2/c1-4-12-6-8-13(9-7-12)17-14(3,16)10-11-15-5-2/h6-9,15-16H,4-5,10-11H2,1-3H3. The highest BCUT2D eigenvalue weighted by molar-refractivity contribution is 5.27. The topological polar surface area (TPSA) is 41.5 Å². The maximum Gasteiger partial charge on any atom is 0.206 e. The number of hydrogen-bond acceptors (Lipinski definition) is 3. The molecule has 1 aromatic rings. The Bertz CT molecular complexity index is 319. The van der Waals surface area contributed by atoms with Crippen molar-refractivity contribution in [3.05, 3.63) is 29.8 Å². The molecule has 1 atom stereocenters. The van der Waals surface area contributed by atoms with Gasteiger partial charge in [0.2, 0.25) is 5.79 Å². The normalized spacial score (nSPS) is 14.4. The summed E-state index contributed by atoms with van der Waals surface area (Å²) in [6, 6.07) is 7.85. The van der Waals surface area contributed by atoms with Gasteiger partial charge < -0.3 is 15.2 Å². The second-order valence-corrected chi connectivity index (χ2v) is 4.38. The molecule has 0 saturated heterocycles. The van der Waals surface area contributed by atoms with E-state index in [2.05, 4.69) is 12.2 Å². The summed E-state index contributed by atoms with van der Waals surface area (Å²) in [6.07, 6.45) is 1.58. The van der Waals surface area contributed by atoms with Gasteiger partial charge in [0, 0.05) is 19.9 Å². The first-order valence-corrected chi connectivity index (χ1v) is 6.28. The van der Waals surface area contributed by atoms with Crippen molar-refractivity contribution < 1.29 is 9.84 Å². The van der Waals surface area contributed by atoms with E-state index in [1.54, 1.807) is 6.92 Å². The molecule has 3 heteroatoms. The molecule has 0 radical (unpaired) electrons. The third kappa shape index (κ3) is 5.20. The van der Waals surface area contributed by atoms with Gasteiger partial charge in [-0.05, 0) is 30.7 Å². The molecular weight excluding hydrogens is 214 g/mol. The van der Waals surface area contributed by atoms with Gasteiger partial charge in [0.05, 0.1) is 0 Å². The maximum absolute atomic E-state index is 10.1. The van der Waals surface area contributed by atoms with Gasteiger partial charge in [-0.3, -0.25) is 0 Å². The van der Waals surface area contributed by atoms with Gasteiger partial charge >= 0.3 is 0 Å². The average molecular weight is 237 g/mol. The van der Waals surface area contributed by atoms with E-state index in [-0.39, 0.29) is 0 Å². The molecule has 96 valence electrons. The fraction of sp³-hybridized carbons (Fsp3) is 0.571. The maximum atomic E-state index is 10.1. The van der Waals surface area contributed by atoms with Crippen molar-refractivity contribution in [2.75, 3.05) is 13.1 Å². The van der Waals surface area contributed by atoms with Crippen molar-refractivity contribution in [1.82, 2.24) is 5.32 Å². The Morgan fingerprint density at radius 3 is 2.41 bits per heavy atom. The molecule has 17 heavy (non-hydrogen) atoms. The van der Waals surface area contributed by atoms with Crippen LogP contribution < -0.4 is 10.1 Å². The lowest BCUT2D eigenvalue weighted by Crippen LogP contribution is -2.35. The number of nitrogens with one attached hydrogen (secondary N) is 1. The van der Waals surface area contributed by atoms with E-state index in [1.807, 2.05) is 31.2 Å². The number of aryl methyl sites for hydroxylation is 1. The van der Waals surface area contributed by atoms with Gasteiger partial charge in [-0.1, -0.05) is 26.0 Å². The summed E-state index contributed by atoms with van der Waals surface area (Å²) < 4.78 is 5.56. The Hall–Kier alpha value is -1.06. The minimum absolute atomic E-state index is 0.566. The van der Waals surface area contributed by atoms with Gasteiger partial charge in [0.1, 0.15) is 5.75 Å². The summed E-state index contributed by atoms with van der Waals surface area (Å²) in [4.78, 5) is 0. The number of aliphatic hydroxyl groups is 1. The minimum Gasteiger partial charge on any atom is -0.463 e. The highest BCUT2D eigenvalue weighted by Crippen LogP contribution is 2.19. The summed E-state index contributed by atoms with van der Waals surface area (Å²) in [6.45, 7) is 7.50. The molecule has 1 rings (SSSR count). The number of hydrogen-bond donors (Lipinski definition) is 2. The van der Waals surface area contributed by atoms with Crippen LogP contribution in [-0.4, -0.2) is 24.0 Å². The highest BCUT2D eigenvalue weighted by Gasteiger charge is 2.21. The van der Waals surface area contributed by atoms with E-state index in [4.69, 9.17) is 4.74 Å². The average Bonchev–Trinajstić information content (AvgIpc) is 2.30. The van der Waals surface area contributed by atoms with Crippen LogP contribution in [0.15, 0.2) is 24.3 Å². The molecule has 0 amide bonds. The van der Waals surface area contributed by atoms with Crippen molar-refractivity contribution in [2.24, 2.45) is 0 Å². The first-order chi connectivity index (χ1) is 8.07. The van der Waals surface area contributed by atoms with Gasteiger partial charge in [-0.25, -0.2) is 0 Å². The lowest BCUT2D eigenvalue weighted by atomic mass is 10.1. The van der Waals surface area contributed by atoms with E-state index in [9.17, 15) is 5.11 Å². The summed E-state index contributed by atoms with van der Waals surface area (Å²) in [5, 5.41) is 13.2. The van der Waals surface area contributed by atoms with Crippen LogP contribution in [-0.2, 0) is 6.42 Å². The quantitative estimate of drug-likeness (QED) is 0.565. The van der Waals surface area contributed by atoms with Crippen LogP contribution >= 0.6 is 0 Å². The van der Waals surface area contributed by atoms with Gasteiger partial charge in [0.15, 0.2) is 0 Å². The predicted molar refractivity (Wildman–Crippen MR) is 70.2 cm³/mol. The van der Waals surface area contributed by atoms with Crippen molar-refractivity contribution in [3.63, 3.8) is 0 Å². The molecule has 0 aliphatic carbocycles. The first-order valence-electron chi connectivity index (χ1n) is 6.28. The zero-order valence-corrected chi connectivity index (χ0v) is 11.0. The largest absolute Gasteiger partial charge is 0.463 e. The second kappa shape index (κ2) is 6.62. The van der Waals surface area contributed by atoms with E-state index < -0.39 is 5.79 Å². The fourth-order valence-corrected chi connectivity index (χ4v) is 1.60. The Morgan fingerprint density at radius 1 is 1.24 bits per heavy atom. The van der Waals surface area contributed by atoms with E-state index in [1.165, 1.54) is 5.56 Å². The van der Waals surface area contributed by atoms with Gasteiger partial charge in [0.25, 0.3) is 0 Å². The molecule has 0 aliphatic heterocycles. The number of benzene rings is 1. The van der Waals surface area contributed by atoms with Crippen molar-refractivity contribution in [3.8, 4) is 5.75 Å². The van der Waals surface area contributed by atoms with E-state index in [0.29, 0.717) is 12.2 Å². The zero-order chi connectivity index (χ0) is 12.7. The Labute approximate surface area is 104 Å². The monoisotopic (exact) mass is 237 g/mol. The van der Waals surface area contributed by atoms with E-state index in [0.717, 1.165) is 19.5 Å². The lowest BCUT2D eigenvalue weighted by molar-refractivity contribution is -0.125. The molecule has 2 N–H and O–H groups in total. The van der Waals surface area contributed by atoms with Crippen LogP contribution in [0.1, 0.15) is 32.8 Å². The van der Waals surface area contributed by atoms with Crippen LogP contribution in [0.2, 0.25) is 0 Å². The molecule has 0 aromatic heterocycles. The number of ether oxygens (including phenoxy) is 1. The summed E-state index contributed by atoms with van der Waals surface area (Å²) in [5.41, 5.74) is 1.27. The third-order valence-corrected chi connectivity index (χ3v) is 2.68.